The standard InChI is InChI=1S/C34H45N3O2/c1-25(2)32(34(39,29-15-9-5-10-16-29)30-17-11-6-12-18-30)37-33(38)36-31-21-19-27(20-22-31)23-24-35-26(3)28-13-7-4-8-14-28/h4-18,25-27,31-32,35,39H,19-24H2,1-3H3,(H2,36,37,38)/t26-,27?,31?,32-/m1/s1. The molecular formula is C34H45N3O2. The fourth-order valence-corrected chi connectivity index (χ4v) is 5.99. The van der Waals surface area contributed by atoms with Crippen molar-refractivity contribution in [2.75, 3.05) is 6.54 Å². The topological polar surface area (TPSA) is 73.4 Å². The van der Waals surface area contributed by atoms with Gasteiger partial charge in [0.15, 0.2) is 0 Å². The smallest absolute Gasteiger partial charge is 0.315 e. The lowest BCUT2D eigenvalue weighted by atomic mass is 9.76. The first-order chi connectivity index (χ1) is 18.9. The van der Waals surface area contributed by atoms with Crippen LogP contribution in [-0.2, 0) is 5.60 Å². The van der Waals surface area contributed by atoms with E-state index in [2.05, 4.69) is 53.2 Å². The van der Waals surface area contributed by atoms with Crippen molar-refractivity contribution >= 4 is 6.03 Å². The van der Waals surface area contributed by atoms with Crippen LogP contribution < -0.4 is 16.0 Å². The number of benzene rings is 3. The Hall–Kier alpha value is -3.15. The van der Waals surface area contributed by atoms with E-state index in [4.69, 9.17) is 0 Å². The molecule has 0 aliphatic heterocycles. The lowest BCUT2D eigenvalue weighted by Gasteiger charge is -2.40. The number of hydrogen-bond donors (Lipinski definition) is 4. The van der Waals surface area contributed by atoms with Gasteiger partial charge in [0.25, 0.3) is 0 Å². The average Bonchev–Trinajstić information content (AvgIpc) is 2.97. The molecule has 1 fully saturated rings. The first-order valence-corrected chi connectivity index (χ1v) is 14.6. The van der Waals surface area contributed by atoms with Crippen LogP contribution in [0.2, 0.25) is 0 Å². The van der Waals surface area contributed by atoms with E-state index in [0.717, 1.165) is 49.8 Å². The summed E-state index contributed by atoms with van der Waals surface area (Å²) in [4.78, 5) is 13.3. The van der Waals surface area contributed by atoms with Gasteiger partial charge in [0, 0.05) is 12.1 Å². The molecule has 2 amide bonds. The van der Waals surface area contributed by atoms with Crippen molar-refractivity contribution in [3.8, 4) is 0 Å². The van der Waals surface area contributed by atoms with Crippen LogP contribution in [0.4, 0.5) is 4.79 Å². The van der Waals surface area contributed by atoms with Gasteiger partial charge in [-0.05, 0) is 74.1 Å². The van der Waals surface area contributed by atoms with Gasteiger partial charge in [0.05, 0.1) is 6.04 Å². The second-order valence-electron chi connectivity index (χ2n) is 11.4. The van der Waals surface area contributed by atoms with Crippen LogP contribution >= 0.6 is 0 Å². The number of hydrogen-bond acceptors (Lipinski definition) is 3. The third-order valence-electron chi connectivity index (χ3n) is 8.32. The van der Waals surface area contributed by atoms with E-state index in [0.29, 0.717) is 12.0 Å². The first-order valence-electron chi connectivity index (χ1n) is 14.6. The van der Waals surface area contributed by atoms with Gasteiger partial charge >= 0.3 is 6.03 Å². The van der Waals surface area contributed by atoms with Crippen LogP contribution in [0.1, 0.15) is 75.6 Å². The van der Waals surface area contributed by atoms with Crippen molar-refractivity contribution in [2.45, 2.75) is 76.6 Å². The predicted octanol–water partition coefficient (Wildman–Crippen LogP) is 6.55. The Bertz CT molecular complexity index is 1090. The molecule has 208 valence electrons. The molecule has 1 aliphatic rings. The monoisotopic (exact) mass is 527 g/mol. The maximum Gasteiger partial charge on any atom is 0.315 e. The van der Waals surface area contributed by atoms with Gasteiger partial charge in [-0.15, -0.1) is 0 Å². The zero-order valence-electron chi connectivity index (χ0n) is 23.6. The van der Waals surface area contributed by atoms with Gasteiger partial charge in [0.2, 0.25) is 0 Å². The van der Waals surface area contributed by atoms with E-state index in [1.54, 1.807) is 0 Å². The van der Waals surface area contributed by atoms with E-state index >= 15 is 0 Å². The van der Waals surface area contributed by atoms with Gasteiger partial charge in [-0.25, -0.2) is 4.79 Å². The summed E-state index contributed by atoms with van der Waals surface area (Å²) in [6, 6.07) is 29.7. The van der Waals surface area contributed by atoms with Crippen molar-refractivity contribution in [2.24, 2.45) is 11.8 Å². The zero-order chi connectivity index (χ0) is 27.7. The molecule has 3 aromatic rings. The minimum Gasteiger partial charge on any atom is -0.378 e. The molecule has 0 radical (unpaired) electrons. The third kappa shape index (κ3) is 7.49. The molecule has 0 spiro atoms. The lowest BCUT2D eigenvalue weighted by Crippen LogP contribution is -2.57. The normalized spacial score (nSPS) is 19.3. The number of carbonyl (C=O) groups is 1. The minimum atomic E-state index is -1.35. The second kappa shape index (κ2) is 13.8. The van der Waals surface area contributed by atoms with E-state index in [1.165, 1.54) is 5.56 Å². The molecule has 5 heteroatoms. The molecule has 2 atom stereocenters. The van der Waals surface area contributed by atoms with Crippen LogP contribution in [0.15, 0.2) is 91.0 Å². The number of rotatable bonds is 11. The molecule has 1 saturated carbocycles. The highest BCUT2D eigenvalue weighted by molar-refractivity contribution is 5.75. The Morgan fingerprint density at radius 1 is 0.821 bits per heavy atom. The largest absolute Gasteiger partial charge is 0.378 e. The predicted molar refractivity (Wildman–Crippen MR) is 159 cm³/mol. The molecule has 0 heterocycles. The van der Waals surface area contributed by atoms with Gasteiger partial charge in [0.1, 0.15) is 5.60 Å². The molecule has 3 aromatic carbocycles. The van der Waals surface area contributed by atoms with E-state index in [9.17, 15) is 9.90 Å². The molecule has 39 heavy (non-hydrogen) atoms. The lowest BCUT2D eigenvalue weighted by molar-refractivity contribution is 0.0232. The Morgan fingerprint density at radius 2 is 1.33 bits per heavy atom. The summed E-state index contributed by atoms with van der Waals surface area (Å²) >= 11 is 0. The summed E-state index contributed by atoms with van der Waals surface area (Å²) in [5, 5.41) is 22.3. The van der Waals surface area contributed by atoms with E-state index < -0.39 is 11.6 Å². The summed E-state index contributed by atoms with van der Waals surface area (Å²) in [6.07, 6.45) is 5.38. The molecular weight excluding hydrogens is 482 g/mol. The SMILES string of the molecule is CC(C)[C@@H](NC(=O)NC1CCC(CCN[C@H](C)c2ccccc2)CC1)C(O)(c1ccccc1)c1ccccc1. The number of nitrogens with one attached hydrogen (secondary N) is 3. The third-order valence-corrected chi connectivity index (χ3v) is 8.32. The number of aliphatic hydroxyl groups is 1. The molecule has 0 bridgehead atoms. The minimum absolute atomic E-state index is 0.00248. The summed E-state index contributed by atoms with van der Waals surface area (Å²) in [5.41, 5.74) is 1.51. The summed E-state index contributed by atoms with van der Waals surface area (Å²) < 4.78 is 0. The van der Waals surface area contributed by atoms with Crippen molar-refractivity contribution < 1.29 is 9.90 Å². The molecule has 0 saturated heterocycles. The van der Waals surface area contributed by atoms with E-state index in [1.807, 2.05) is 74.5 Å². The summed E-state index contributed by atoms with van der Waals surface area (Å²) in [6.45, 7) is 7.31. The average molecular weight is 528 g/mol. The molecule has 4 N–H and O–H groups in total. The Labute approximate surface area is 234 Å². The highest BCUT2D eigenvalue weighted by Gasteiger charge is 2.43. The van der Waals surface area contributed by atoms with Crippen LogP contribution in [-0.4, -0.2) is 29.8 Å². The van der Waals surface area contributed by atoms with Crippen molar-refractivity contribution in [3.05, 3.63) is 108 Å². The van der Waals surface area contributed by atoms with Crippen LogP contribution in [0.5, 0.6) is 0 Å². The number of urea groups is 1. The fraction of sp³-hybridized carbons (Fsp3) is 0.441. The molecule has 5 nitrogen and oxygen atoms in total. The highest BCUT2D eigenvalue weighted by atomic mass is 16.3. The van der Waals surface area contributed by atoms with Crippen molar-refractivity contribution in [1.29, 1.82) is 0 Å². The first kappa shape index (κ1) is 28.8. The van der Waals surface area contributed by atoms with E-state index in [-0.39, 0.29) is 18.0 Å². The maximum atomic E-state index is 13.3. The van der Waals surface area contributed by atoms with Crippen LogP contribution in [0.25, 0.3) is 0 Å². The van der Waals surface area contributed by atoms with Crippen LogP contribution in [0, 0.1) is 11.8 Å². The molecule has 4 rings (SSSR count). The van der Waals surface area contributed by atoms with Gasteiger partial charge in [-0.2, -0.15) is 0 Å². The molecule has 0 aromatic heterocycles. The highest BCUT2D eigenvalue weighted by Crippen LogP contribution is 2.36. The van der Waals surface area contributed by atoms with Crippen molar-refractivity contribution in [3.63, 3.8) is 0 Å². The Kier molecular flexibility index (Phi) is 10.2. The summed E-state index contributed by atoms with van der Waals surface area (Å²) in [7, 11) is 0. The maximum absolute atomic E-state index is 13.3. The van der Waals surface area contributed by atoms with Crippen LogP contribution in [0.3, 0.4) is 0 Å². The Balaban J connectivity index is 1.31. The fourth-order valence-electron chi connectivity index (χ4n) is 5.99. The van der Waals surface area contributed by atoms with Gasteiger partial charge in [-0.1, -0.05) is 105 Å². The van der Waals surface area contributed by atoms with Gasteiger partial charge < -0.3 is 21.1 Å². The molecule has 0 unspecified atom stereocenters. The second-order valence-corrected chi connectivity index (χ2v) is 11.4. The van der Waals surface area contributed by atoms with Gasteiger partial charge in [-0.3, -0.25) is 0 Å². The quantitative estimate of drug-likeness (QED) is 0.229. The number of carbonyl (C=O) groups excluding carboxylic acids is 1. The number of amides is 2. The Morgan fingerprint density at radius 3 is 1.85 bits per heavy atom. The molecule has 1 aliphatic carbocycles. The zero-order valence-corrected chi connectivity index (χ0v) is 23.6. The summed E-state index contributed by atoms with van der Waals surface area (Å²) in [5.74, 6) is 0.689. The van der Waals surface area contributed by atoms with Crippen molar-refractivity contribution in [1.82, 2.24) is 16.0 Å².